The van der Waals surface area contributed by atoms with Gasteiger partial charge in [-0.05, 0) is 60.3 Å². The molecule has 5 nitrogen and oxygen atoms in total. The number of rotatable bonds is 4. The Hall–Kier alpha value is -1.56. The SMILES string of the molecule is Cc1ccc(OCC(=O)N2CCCC2(C)C(=O)O)c(Br)c1. The van der Waals surface area contributed by atoms with Crippen molar-refractivity contribution in [2.75, 3.05) is 13.2 Å². The lowest BCUT2D eigenvalue weighted by molar-refractivity contribution is -0.156. The second-order valence-electron chi connectivity index (χ2n) is 5.45. The Bertz CT molecular complexity index is 575. The summed E-state index contributed by atoms with van der Waals surface area (Å²) < 4.78 is 6.28. The van der Waals surface area contributed by atoms with Crippen molar-refractivity contribution < 1.29 is 19.4 Å². The standard InChI is InChI=1S/C15H18BrNO4/c1-10-4-5-12(11(16)8-10)21-9-13(18)17-7-3-6-15(17,2)14(19)20/h4-5,8H,3,6-7,9H2,1-2H3,(H,19,20). The number of aryl methyl sites for hydroxylation is 1. The number of aliphatic carboxylic acids is 1. The van der Waals surface area contributed by atoms with Gasteiger partial charge in [-0.15, -0.1) is 0 Å². The molecule has 1 fully saturated rings. The lowest BCUT2D eigenvalue weighted by Gasteiger charge is -2.31. The van der Waals surface area contributed by atoms with Gasteiger partial charge in [-0.3, -0.25) is 4.79 Å². The van der Waals surface area contributed by atoms with E-state index in [1.54, 1.807) is 13.0 Å². The lowest BCUT2D eigenvalue weighted by atomic mass is 9.99. The topological polar surface area (TPSA) is 66.8 Å². The molecule has 1 aromatic carbocycles. The van der Waals surface area contributed by atoms with Gasteiger partial charge in [-0.25, -0.2) is 4.79 Å². The van der Waals surface area contributed by atoms with Crippen molar-refractivity contribution in [1.82, 2.24) is 4.90 Å². The van der Waals surface area contributed by atoms with Crippen LogP contribution in [0.2, 0.25) is 0 Å². The van der Waals surface area contributed by atoms with Crippen LogP contribution in [-0.4, -0.2) is 40.6 Å². The van der Waals surface area contributed by atoms with Crippen LogP contribution in [0.15, 0.2) is 22.7 Å². The summed E-state index contributed by atoms with van der Waals surface area (Å²) in [6.07, 6.45) is 1.17. The number of nitrogens with zero attached hydrogens (tertiary/aromatic N) is 1. The molecule has 6 heteroatoms. The van der Waals surface area contributed by atoms with E-state index in [1.807, 2.05) is 19.1 Å². The molecule has 0 saturated carbocycles. The minimum absolute atomic E-state index is 0.162. The summed E-state index contributed by atoms with van der Waals surface area (Å²) in [5, 5.41) is 9.31. The summed E-state index contributed by atoms with van der Waals surface area (Å²) in [7, 11) is 0. The first kappa shape index (κ1) is 15.8. The van der Waals surface area contributed by atoms with Gasteiger partial charge in [0.25, 0.3) is 5.91 Å². The molecule has 1 aromatic rings. The molecule has 0 aliphatic carbocycles. The van der Waals surface area contributed by atoms with Crippen LogP contribution in [0.5, 0.6) is 5.75 Å². The van der Waals surface area contributed by atoms with E-state index in [9.17, 15) is 14.7 Å². The third kappa shape index (κ3) is 3.20. The normalized spacial score (nSPS) is 21.4. The second-order valence-corrected chi connectivity index (χ2v) is 6.30. The molecule has 0 bridgehead atoms. The van der Waals surface area contributed by atoms with E-state index in [2.05, 4.69) is 15.9 Å². The Morgan fingerprint density at radius 1 is 1.48 bits per heavy atom. The van der Waals surface area contributed by atoms with Gasteiger partial charge in [0.2, 0.25) is 0 Å². The van der Waals surface area contributed by atoms with E-state index < -0.39 is 11.5 Å². The minimum atomic E-state index is -1.12. The summed E-state index contributed by atoms with van der Waals surface area (Å²) in [6, 6.07) is 5.58. The summed E-state index contributed by atoms with van der Waals surface area (Å²) in [5.41, 5.74) is -0.0381. The van der Waals surface area contributed by atoms with Crippen molar-refractivity contribution in [3.8, 4) is 5.75 Å². The highest BCUT2D eigenvalue weighted by Gasteiger charge is 2.45. The number of ether oxygens (including phenoxy) is 1. The molecule has 1 amide bonds. The van der Waals surface area contributed by atoms with Gasteiger partial charge in [0.15, 0.2) is 6.61 Å². The molecule has 1 heterocycles. The Morgan fingerprint density at radius 2 is 2.19 bits per heavy atom. The van der Waals surface area contributed by atoms with E-state index in [4.69, 9.17) is 4.74 Å². The number of amides is 1. The highest BCUT2D eigenvalue weighted by Crippen LogP contribution is 2.30. The Balaban J connectivity index is 2.03. The maximum Gasteiger partial charge on any atom is 0.329 e. The average molecular weight is 356 g/mol. The molecule has 0 radical (unpaired) electrons. The van der Waals surface area contributed by atoms with Gasteiger partial charge in [0.05, 0.1) is 4.47 Å². The number of halogens is 1. The van der Waals surface area contributed by atoms with Crippen molar-refractivity contribution in [1.29, 1.82) is 0 Å². The monoisotopic (exact) mass is 355 g/mol. The second kappa shape index (κ2) is 6.05. The van der Waals surface area contributed by atoms with Crippen LogP contribution in [0.3, 0.4) is 0 Å². The first-order chi connectivity index (χ1) is 9.84. The molecule has 1 aliphatic rings. The first-order valence-electron chi connectivity index (χ1n) is 6.77. The zero-order valence-corrected chi connectivity index (χ0v) is 13.6. The van der Waals surface area contributed by atoms with Crippen LogP contribution < -0.4 is 4.74 Å². The molecule has 1 atom stereocenters. The van der Waals surface area contributed by atoms with Crippen molar-refractivity contribution in [2.45, 2.75) is 32.2 Å². The Morgan fingerprint density at radius 3 is 2.81 bits per heavy atom. The molecular weight excluding hydrogens is 338 g/mol. The van der Waals surface area contributed by atoms with Crippen molar-refractivity contribution in [3.05, 3.63) is 28.2 Å². The van der Waals surface area contributed by atoms with Crippen LogP contribution in [0, 0.1) is 6.92 Å². The fourth-order valence-corrected chi connectivity index (χ4v) is 3.13. The summed E-state index contributed by atoms with van der Waals surface area (Å²) in [5.74, 6) is -0.695. The number of carbonyl (C=O) groups excluding carboxylic acids is 1. The maximum atomic E-state index is 12.2. The quantitative estimate of drug-likeness (QED) is 0.901. The number of likely N-dealkylation sites (tertiary alicyclic amines) is 1. The molecular formula is C15H18BrNO4. The van der Waals surface area contributed by atoms with E-state index in [0.717, 1.165) is 10.0 Å². The van der Waals surface area contributed by atoms with Gasteiger partial charge in [-0.1, -0.05) is 6.07 Å². The fraction of sp³-hybridized carbons (Fsp3) is 0.467. The summed E-state index contributed by atoms with van der Waals surface area (Å²) in [4.78, 5) is 25.0. The predicted octanol–water partition coefficient (Wildman–Crippen LogP) is 2.60. The predicted molar refractivity (Wildman–Crippen MR) is 81.4 cm³/mol. The van der Waals surface area contributed by atoms with E-state index in [1.165, 1.54) is 4.90 Å². The van der Waals surface area contributed by atoms with Crippen LogP contribution in [0.1, 0.15) is 25.3 Å². The molecule has 2 rings (SSSR count). The number of carboxylic acids is 1. The highest BCUT2D eigenvalue weighted by atomic mass is 79.9. The Kier molecular flexibility index (Phi) is 4.56. The number of carbonyl (C=O) groups is 2. The highest BCUT2D eigenvalue weighted by molar-refractivity contribution is 9.10. The van der Waals surface area contributed by atoms with Gasteiger partial charge in [0, 0.05) is 6.54 Å². The molecule has 114 valence electrons. The van der Waals surface area contributed by atoms with Crippen molar-refractivity contribution >= 4 is 27.8 Å². The zero-order chi connectivity index (χ0) is 15.6. The molecule has 1 saturated heterocycles. The number of hydrogen-bond acceptors (Lipinski definition) is 3. The molecule has 21 heavy (non-hydrogen) atoms. The molecule has 0 aromatic heterocycles. The average Bonchev–Trinajstić information content (AvgIpc) is 2.81. The summed E-state index contributed by atoms with van der Waals surface area (Å²) >= 11 is 3.38. The smallest absolute Gasteiger partial charge is 0.329 e. The molecule has 1 aliphatic heterocycles. The molecule has 1 unspecified atom stereocenters. The van der Waals surface area contributed by atoms with Crippen LogP contribution in [-0.2, 0) is 9.59 Å². The van der Waals surface area contributed by atoms with Gasteiger partial charge >= 0.3 is 5.97 Å². The lowest BCUT2D eigenvalue weighted by Crippen LogP contribution is -2.52. The van der Waals surface area contributed by atoms with Crippen LogP contribution in [0.4, 0.5) is 0 Å². The van der Waals surface area contributed by atoms with Gasteiger partial charge < -0.3 is 14.7 Å². The number of carboxylic acid groups (broad SMARTS) is 1. The largest absolute Gasteiger partial charge is 0.483 e. The van der Waals surface area contributed by atoms with E-state index in [-0.39, 0.29) is 12.5 Å². The molecule has 0 spiro atoms. The van der Waals surface area contributed by atoms with Crippen LogP contribution >= 0.6 is 15.9 Å². The van der Waals surface area contributed by atoms with Crippen molar-refractivity contribution in [3.63, 3.8) is 0 Å². The minimum Gasteiger partial charge on any atom is -0.483 e. The maximum absolute atomic E-state index is 12.2. The number of benzene rings is 1. The van der Waals surface area contributed by atoms with Gasteiger partial charge in [0.1, 0.15) is 11.3 Å². The number of hydrogen-bond donors (Lipinski definition) is 1. The summed E-state index contributed by atoms with van der Waals surface area (Å²) in [6.45, 7) is 3.84. The molecule has 1 N–H and O–H groups in total. The van der Waals surface area contributed by atoms with Gasteiger partial charge in [-0.2, -0.15) is 0 Å². The third-order valence-electron chi connectivity index (χ3n) is 3.84. The van der Waals surface area contributed by atoms with E-state index in [0.29, 0.717) is 25.1 Å². The third-order valence-corrected chi connectivity index (χ3v) is 4.46. The fourth-order valence-electron chi connectivity index (χ4n) is 2.53. The Labute approximate surface area is 132 Å². The van der Waals surface area contributed by atoms with Crippen LogP contribution in [0.25, 0.3) is 0 Å². The van der Waals surface area contributed by atoms with Crippen molar-refractivity contribution in [2.24, 2.45) is 0 Å². The first-order valence-corrected chi connectivity index (χ1v) is 7.57. The van der Waals surface area contributed by atoms with E-state index >= 15 is 0 Å². The zero-order valence-electron chi connectivity index (χ0n) is 12.1.